The van der Waals surface area contributed by atoms with Crippen LogP contribution in [-0.4, -0.2) is 53.9 Å². The molecule has 2 unspecified atom stereocenters. The maximum absolute atomic E-state index is 11.9. The Bertz CT molecular complexity index is 699. The molecule has 2 aliphatic heterocycles. The molecule has 0 bridgehead atoms. The molecule has 19 heavy (non-hydrogen) atoms. The lowest BCUT2D eigenvalue weighted by molar-refractivity contribution is -0.124. The zero-order chi connectivity index (χ0) is 14.5. The van der Waals surface area contributed by atoms with Gasteiger partial charge in [-0.1, -0.05) is 0 Å². The molecule has 2 saturated heterocycles. The maximum Gasteiger partial charge on any atom is 0.292 e. The van der Waals surface area contributed by atoms with Gasteiger partial charge >= 0.3 is 0 Å². The van der Waals surface area contributed by atoms with Crippen LogP contribution in [0.5, 0.6) is 0 Å². The molecule has 9 nitrogen and oxygen atoms in total. The third-order valence-electron chi connectivity index (χ3n) is 2.70. The van der Waals surface area contributed by atoms with Crippen molar-refractivity contribution in [3.8, 4) is 0 Å². The van der Waals surface area contributed by atoms with Crippen LogP contribution in [-0.2, 0) is 43.0 Å². The minimum absolute atomic E-state index is 0.153. The molecule has 2 aliphatic rings. The van der Waals surface area contributed by atoms with Gasteiger partial charge in [-0.25, -0.2) is 0 Å². The van der Waals surface area contributed by atoms with Gasteiger partial charge in [0.25, 0.3) is 30.4 Å². The molecule has 12 heteroatoms. The summed E-state index contributed by atoms with van der Waals surface area (Å²) in [5, 5.41) is -1.71. The van der Waals surface area contributed by atoms with Gasteiger partial charge in [-0.05, 0) is 12.8 Å². The van der Waals surface area contributed by atoms with E-state index in [2.05, 4.69) is 7.81 Å². The molecule has 0 saturated carbocycles. The van der Waals surface area contributed by atoms with Gasteiger partial charge in [-0.2, -0.15) is 25.3 Å². The number of ketones is 1. The van der Waals surface area contributed by atoms with E-state index in [0.717, 1.165) is 0 Å². The van der Waals surface area contributed by atoms with Crippen LogP contribution in [0.4, 0.5) is 0 Å². The molecule has 0 amide bonds. The summed E-state index contributed by atoms with van der Waals surface area (Å²) < 4.78 is 75.6. The lowest BCUT2D eigenvalue weighted by atomic mass is 10.1. The van der Waals surface area contributed by atoms with Gasteiger partial charge in [-0.3, -0.25) is 8.98 Å². The second kappa shape index (κ2) is 4.48. The monoisotopic (exact) mass is 334 g/mol. The fraction of sp³-hybridized carbons (Fsp3) is 0.857. The fourth-order valence-electron chi connectivity index (χ4n) is 1.83. The Labute approximate surface area is 110 Å². The van der Waals surface area contributed by atoms with Crippen LogP contribution in [0.2, 0.25) is 0 Å². The average Bonchev–Trinajstić information content (AvgIpc) is 2.55. The number of Topliss-reactive ketones (excluding diaryl/α,β-unsaturated/α-hetero) is 1. The summed E-state index contributed by atoms with van der Waals surface area (Å²) in [6.45, 7) is 0. The van der Waals surface area contributed by atoms with Crippen LogP contribution in [0.1, 0.15) is 12.8 Å². The smallest absolute Gasteiger partial charge is 0.292 e. The first kappa shape index (κ1) is 14.8. The first-order valence-corrected chi connectivity index (χ1v) is 9.77. The predicted molar refractivity (Wildman–Crippen MR) is 60.5 cm³/mol. The summed E-state index contributed by atoms with van der Waals surface area (Å²) in [5.41, 5.74) is 0. The van der Waals surface area contributed by atoms with Crippen molar-refractivity contribution in [3.63, 3.8) is 0 Å². The van der Waals surface area contributed by atoms with E-state index in [4.69, 9.17) is 0 Å². The second-order valence-corrected chi connectivity index (χ2v) is 9.48. The lowest BCUT2D eigenvalue weighted by Gasteiger charge is -2.21. The van der Waals surface area contributed by atoms with E-state index in [0.29, 0.717) is 0 Å². The Balaban J connectivity index is 2.22. The van der Waals surface area contributed by atoms with Gasteiger partial charge in [0.2, 0.25) is 0 Å². The largest absolute Gasteiger partial charge is 0.295 e. The van der Waals surface area contributed by atoms with Gasteiger partial charge in [0.1, 0.15) is 11.4 Å². The summed E-state index contributed by atoms with van der Waals surface area (Å²) in [6, 6.07) is 0. The van der Waals surface area contributed by atoms with Crippen molar-refractivity contribution in [1.82, 2.24) is 0 Å². The Hall–Kier alpha value is -0.560. The Morgan fingerprint density at radius 2 is 1.47 bits per heavy atom. The summed E-state index contributed by atoms with van der Waals surface area (Å²) in [4.78, 5) is 11.9. The molecule has 2 rings (SSSR count). The number of hydrogen-bond donors (Lipinski definition) is 0. The van der Waals surface area contributed by atoms with E-state index in [9.17, 15) is 30.0 Å². The first-order chi connectivity index (χ1) is 8.53. The topological polar surface area (TPSA) is 138 Å². The Kier molecular flexibility index (Phi) is 3.50. The first-order valence-electron chi connectivity index (χ1n) is 5.15. The van der Waals surface area contributed by atoms with E-state index in [1.54, 1.807) is 0 Å². The van der Waals surface area contributed by atoms with E-state index in [1.807, 2.05) is 0 Å². The molecule has 0 N–H and O–H groups in total. The van der Waals surface area contributed by atoms with Crippen LogP contribution in [0.3, 0.4) is 0 Å². The van der Waals surface area contributed by atoms with Crippen molar-refractivity contribution in [2.75, 3.05) is 11.5 Å². The molecule has 2 atom stereocenters. The summed E-state index contributed by atoms with van der Waals surface area (Å²) in [6.07, 6.45) is -2.02. The van der Waals surface area contributed by atoms with E-state index < -0.39 is 59.7 Å². The standard InChI is InChI=1S/C7H10O9S3/c8-7(5-1-3-17(9,10)15-5)6-2-4-18(11,12)16-19(6,13)14/h5-6H,1-4H2. The zero-order valence-corrected chi connectivity index (χ0v) is 11.8. The molecule has 0 spiro atoms. The van der Waals surface area contributed by atoms with E-state index in [-0.39, 0.29) is 12.2 Å². The van der Waals surface area contributed by atoms with Crippen LogP contribution in [0.25, 0.3) is 0 Å². The number of carbonyl (C=O) groups excluding carboxylic acids is 1. The van der Waals surface area contributed by atoms with Gasteiger partial charge in [-0.15, -0.1) is 3.63 Å². The summed E-state index contributed by atoms with van der Waals surface area (Å²) in [5.74, 6) is -1.99. The molecule has 2 fully saturated rings. The highest BCUT2D eigenvalue weighted by molar-refractivity contribution is 8.01. The van der Waals surface area contributed by atoms with Crippen molar-refractivity contribution in [2.24, 2.45) is 0 Å². The molecule has 110 valence electrons. The van der Waals surface area contributed by atoms with Gasteiger partial charge in [0.15, 0.2) is 5.78 Å². The average molecular weight is 334 g/mol. The van der Waals surface area contributed by atoms with E-state index >= 15 is 0 Å². The molecular formula is C7H10O9S3. The molecule has 0 aromatic carbocycles. The minimum atomic E-state index is -4.62. The third kappa shape index (κ3) is 3.13. The van der Waals surface area contributed by atoms with Gasteiger partial charge in [0.05, 0.1) is 11.5 Å². The van der Waals surface area contributed by atoms with Crippen LogP contribution in [0, 0.1) is 0 Å². The molecule has 0 aliphatic carbocycles. The highest BCUT2D eigenvalue weighted by Gasteiger charge is 2.47. The van der Waals surface area contributed by atoms with Crippen molar-refractivity contribution in [2.45, 2.75) is 24.2 Å². The third-order valence-corrected chi connectivity index (χ3v) is 7.45. The minimum Gasteiger partial charge on any atom is -0.295 e. The molecule has 2 heterocycles. The number of rotatable bonds is 2. The van der Waals surface area contributed by atoms with Crippen molar-refractivity contribution < 1.29 is 37.9 Å². The van der Waals surface area contributed by atoms with Crippen molar-refractivity contribution in [1.29, 1.82) is 0 Å². The SMILES string of the molecule is O=C(C1CCS(=O)(=O)O1)C1CCS(=O)(=O)OS1(=O)=O. The Morgan fingerprint density at radius 3 is 1.95 bits per heavy atom. The van der Waals surface area contributed by atoms with Gasteiger partial charge < -0.3 is 0 Å². The molecule has 0 aromatic rings. The van der Waals surface area contributed by atoms with Crippen molar-refractivity contribution in [3.05, 3.63) is 0 Å². The Morgan fingerprint density at radius 1 is 0.895 bits per heavy atom. The predicted octanol–water partition coefficient (Wildman–Crippen LogP) is -1.88. The van der Waals surface area contributed by atoms with Crippen LogP contribution >= 0.6 is 0 Å². The molecule has 0 radical (unpaired) electrons. The summed E-state index contributed by atoms with van der Waals surface area (Å²) >= 11 is 0. The summed E-state index contributed by atoms with van der Waals surface area (Å²) in [7, 11) is -12.6. The van der Waals surface area contributed by atoms with E-state index in [1.165, 1.54) is 0 Å². The molecular weight excluding hydrogens is 324 g/mol. The normalized spacial score (nSPS) is 35.8. The van der Waals surface area contributed by atoms with Crippen molar-refractivity contribution >= 4 is 36.1 Å². The maximum atomic E-state index is 11.9. The zero-order valence-electron chi connectivity index (χ0n) is 9.38. The molecule has 0 aromatic heterocycles. The second-order valence-electron chi connectivity index (χ2n) is 4.14. The highest BCUT2D eigenvalue weighted by atomic mass is 32.3. The van der Waals surface area contributed by atoms with Gasteiger partial charge in [0, 0.05) is 0 Å². The highest BCUT2D eigenvalue weighted by Crippen LogP contribution is 2.26. The fourth-order valence-corrected chi connectivity index (χ4v) is 6.30. The van der Waals surface area contributed by atoms with Crippen LogP contribution < -0.4 is 0 Å². The quantitative estimate of drug-likeness (QED) is 0.531. The lowest BCUT2D eigenvalue weighted by Crippen LogP contribution is -2.44. The number of hydrogen-bond acceptors (Lipinski definition) is 9. The number of carbonyl (C=O) groups is 1. The van der Waals surface area contributed by atoms with Crippen LogP contribution in [0.15, 0.2) is 0 Å².